The molecule has 0 saturated carbocycles. The molecule has 0 bridgehead atoms. The molecule has 100 valence electrons. The third kappa shape index (κ3) is 4.78. The number of aliphatic hydroxyl groups is 1. The molecule has 1 rings (SSSR count). The molecule has 0 saturated heterocycles. The number of hydrogen-bond acceptors (Lipinski definition) is 2. The summed E-state index contributed by atoms with van der Waals surface area (Å²) < 4.78 is 1.03. The number of halogens is 1. The molecule has 18 heavy (non-hydrogen) atoms. The van der Waals surface area contributed by atoms with Gasteiger partial charge in [-0.1, -0.05) is 35.0 Å². The van der Waals surface area contributed by atoms with Crippen LogP contribution in [0.2, 0.25) is 0 Å². The minimum atomic E-state index is -0.186. The molecule has 4 heteroatoms. The summed E-state index contributed by atoms with van der Waals surface area (Å²) in [6, 6.07) is 7.81. The van der Waals surface area contributed by atoms with E-state index in [-0.39, 0.29) is 24.5 Å². The molecule has 0 aliphatic rings. The van der Waals surface area contributed by atoms with E-state index in [1.165, 1.54) is 0 Å². The smallest absolute Gasteiger partial charge is 0.223 e. The molecule has 0 fully saturated rings. The van der Waals surface area contributed by atoms with E-state index in [0.29, 0.717) is 0 Å². The van der Waals surface area contributed by atoms with Gasteiger partial charge in [-0.25, -0.2) is 0 Å². The number of aliphatic hydroxyl groups excluding tert-OH is 1. The Kier molecular flexibility index (Phi) is 6.36. The Hall–Kier alpha value is -0.870. The highest BCUT2D eigenvalue weighted by Crippen LogP contribution is 2.17. The van der Waals surface area contributed by atoms with Gasteiger partial charge in [-0.2, -0.15) is 0 Å². The Balaban J connectivity index is 2.64. The molecule has 1 aromatic rings. The minimum Gasteiger partial charge on any atom is -0.394 e. The van der Waals surface area contributed by atoms with Crippen molar-refractivity contribution in [3.63, 3.8) is 0 Å². The summed E-state index contributed by atoms with van der Waals surface area (Å²) in [6.07, 6.45) is 1.51. The lowest BCUT2D eigenvalue weighted by Gasteiger charge is -2.18. The van der Waals surface area contributed by atoms with Crippen LogP contribution in [0.3, 0.4) is 0 Å². The SMILES string of the molecule is CCC(Cc1cccc(Br)c1)C(=O)NC(C)CO. The number of amides is 1. The van der Waals surface area contributed by atoms with E-state index < -0.39 is 0 Å². The van der Waals surface area contributed by atoms with Crippen molar-refractivity contribution >= 4 is 21.8 Å². The quantitative estimate of drug-likeness (QED) is 0.848. The second-order valence-corrected chi connectivity index (χ2v) is 5.45. The fourth-order valence-corrected chi connectivity index (χ4v) is 2.22. The summed E-state index contributed by atoms with van der Waals surface area (Å²) in [4.78, 5) is 12.0. The van der Waals surface area contributed by atoms with Gasteiger partial charge in [-0.15, -0.1) is 0 Å². The topological polar surface area (TPSA) is 49.3 Å². The van der Waals surface area contributed by atoms with Gasteiger partial charge < -0.3 is 10.4 Å². The first kappa shape index (κ1) is 15.2. The van der Waals surface area contributed by atoms with E-state index >= 15 is 0 Å². The second-order valence-electron chi connectivity index (χ2n) is 4.53. The summed E-state index contributed by atoms with van der Waals surface area (Å²) in [5.74, 6) is -0.0349. The first-order valence-electron chi connectivity index (χ1n) is 6.22. The number of benzene rings is 1. The van der Waals surface area contributed by atoms with Crippen LogP contribution in [-0.2, 0) is 11.2 Å². The Bertz CT molecular complexity index is 395. The van der Waals surface area contributed by atoms with Crippen molar-refractivity contribution in [2.45, 2.75) is 32.7 Å². The monoisotopic (exact) mass is 313 g/mol. The van der Waals surface area contributed by atoms with Crippen LogP contribution in [0.15, 0.2) is 28.7 Å². The summed E-state index contributed by atoms with van der Waals surface area (Å²) in [5.41, 5.74) is 1.14. The predicted octanol–water partition coefficient (Wildman–Crippen LogP) is 2.51. The summed E-state index contributed by atoms with van der Waals surface area (Å²) in [7, 11) is 0. The summed E-state index contributed by atoms with van der Waals surface area (Å²) >= 11 is 3.43. The van der Waals surface area contributed by atoms with Crippen molar-refractivity contribution in [3.05, 3.63) is 34.3 Å². The Morgan fingerprint density at radius 2 is 2.22 bits per heavy atom. The van der Waals surface area contributed by atoms with Gasteiger partial charge in [-0.05, 0) is 37.5 Å². The number of nitrogens with one attached hydrogen (secondary N) is 1. The molecule has 1 amide bonds. The molecule has 0 aliphatic carbocycles. The van der Waals surface area contributed by atoms with Gasteiger partial charge in [0, 0.05) is 16.4 Å². The Labute approximate surface area is 117 Å². The maximum absolute atomic E-state index is 12.0. The molecule has 0 spiro atoms. The third-order valence-corrected chi connectivity index (χ3v) is 3.39. The van der Waals surface area contributed by atoms with Crippen molar-refractivity contribution in [3.8, 4) is 0 Å². The van der Waals surface area contributed by atoms with E-state index in [2.05, 4.69) is 21.2 Å². The van der Waals surface area contributed by atoms with E-state index in [1.807, 2.05) is 31.2 Å². The van der Waals surface area contributed by atoms with Crippen molar-refractivity contribution in [1.82, 2.24) is 5.32 Å². The molecule has 0 heterocycles. The molecule has 2 N–H and O–H groups in total. The molecule has 3 nitrogen and oxygen atoms in total. The molecular weight excluding hydrogens is 294 g/mol. The molecular formula is C14H20BrNO2. The molecule has 2 atom stereocenters. The highest BCUT2D eigenvalue weighted by atomic mass is 79.9. The first-order chi connectivity index (χ1) is 8.56. The number of hydrogen-bond donors (Lipinski definition) is 2. The van der Waals surface area contributed by atoms with E-state index in [1.54, 1.807) is 6.92 Å². The molecule has 0 aliphatic heterocycles. The van der Waals surface area contributed by atoms with Crippen LogP contribution in [0, 0.1) is 5.92 Å². The van der Waals surface area contributed by atoms with Crippen LogP contribution in [0.5, 0.6) is 0 Å². The lowest BCUT2D eigenvalue weighted by molar-refractivity contribution is -0.126. The maximum atomic E-state index is 12.0. The van der Waals surface area contributed by atoms with Crippen LogP contribution in [-0.4, -0.2) is 23.7 Å². The Morgan fingerprint density at radius 3 is 2.78 bits per heavy atom. The van der Waals surface area contributed by atoms with E-state index in [0.717, 1.165) is 22.9 Å². The Morgan fingerprint density at radius 1 is 1.50 bits per heavy atom. The average Bonchev–Trinajstić information content (AvgIpc) is 2.35. The molecule has 1 aromatic carbocycles. The number of rotatable bonds is 6. The average molecular weight is 314 g/mol. The largest absolute Gasteiger partial charge is 0.394 e. The van der Waals surface area contributed by atoms with Crippen molar-refractivity contribution in [2.24, 2.45) is 5.92 Å². The highest BCUT2D eigenvalue weighted by molar-refractivity contribution is 9.10. The van der Waals surface area contributed by atoms with Gasteiger partial charge in [0.15, 0.2) is 0 Å². The van der Waals surface area contributed by atoms with Crippen molar-refractivity contribution in [1.29, 1.82) is 0 Å². The molecule has 0 radical (unpaired) electrons. The lowest BCUT2D eigenvalue weighted by atomic mass is 9.96. The standard InChI is InChI=1S/C14H20BrNO2/c1-3-12(14(18)16-10(2)9-17)7-11-5-4-6-13(15)8-11/h4-6,8,10,12,17H,3,7,9H2,1-2H3,(H,16,18). The van der Waals surface area contributed by atoms with Crippen LogP contribution in [0.25, 0.3) is 0 Å². The zero-order chi connectivity index (χ0) is 13.5. The zero-order valence-electron chi connectivity index (χ0n) is 10.8. The van der Waals surface area contributed by atoms with E-state index in [4.69, 9.17) is 5.11 Å². The van der Waals surface area contributed by atoms with Crippen LogP contribution in [0.4, 0.5) is 0 Å². The number of carbonyl (C=O) groups excluding carboxylic acids is 1. The third-order valence-electron chi connectivity index (χ3n) is 2.90. The van der Waals surface area contributed by atoms with Crippen LogP contribution >= 0.6 is 15.9 Å². The van der Waals surface area contributed by atoms with E-state index in [9.17, 15) is 4.79 Å². The van der Waals surface area contributed by atoms with Gasteiger partial charge in [0.25, 0.3) is 0 Å². The van der Waals surface area contributed by atoms with Crippen LogP contribution in [0.1, 0.15) is 25.8 Å². The van der Waals surface area contributed by atoms with Gasteiger partial charge >= 0.3 is 0 Å². The fourth-order valence-electron chi connectivity index (χ4n) is 1.78. The van der Waals surface area contributed by atoms with Crippen molar-refractivity contribution < 1.29 is 9.90 Å². The van der Waals surface area contributed by atoms with Crippen molar-refractivity contribution in [2.75, 3.05) is 6.61 Å². The highest BCUT2D eigenvalue weighted by Gasteiger charge is 2.18. The first-order valence-corrected chi connectivity index (χ1v) is 7.01. The molecule has 2 unspecified atom stereocenters. The predicted molar refractivity (Wildman–Crippen MR) is 76.3 cm³/mol. The maximum Gasteiger partial charge on any atom is 0.223 e. The second kappa shape index (κ2) is 7.54. The summed E-state index contributed by atoms with van der Waals surface area (Å²) in [5, 5.41) is 11.8. The van der Waals surface area contributed by atoms with Crippen LogP contribution < -0.4 is 5.32 Å². The summed E-state index contributed by atoms with van der Waals surface area (Å²) in [6.45, 7) is 3.77. The number of carbonyl (C=O) groups is 1. The van der Waals surface area contributed by atoms with Gasteiger partial charge in [0.1, 0.15) is 0 Å². The zero-order valence-corrected chi connectivity index (χ0v) is 12.4. The van der Waals surface area contributed by atoms with Gasteiger partial charge in [0.2, 0.25) is 5.91 Å². The molecule has 0 aromatic heterocycles. The normalized spacial score (nSPS) is 14.0. The van der Waals surface area contributed by atoms with Gasteiger partial charge in [-0.3, -0.25) is 4.79 Å². The fraction of sp³-hybridized carbons (Fsp3) is 0.500. The lowest BCUT2D eigenvalue weighted by Crippen LogP contribution is -2.39. The minimum absolute atomic E-state index is 0.0130. The van der Waals surface area contributed by atoms with Gasteiger partial charge in [0.05, 0.1) is 6.61 Å².